The number of benzene rings is 2. The van der Waals surface area contributed by atoms with E-state index in [0.29, 0.717) is 7.88 Å². The van der Waals surface area contributed by atoms with Gasteiger partial charge in [-0.3, -0.25) is 0 Å². The van der Waals surface area contributed by atoms with Crippen molar-refractivity contribution < 1.29 is 0 Å². The number of anilines is 2. The number of hydrogen-bond donors (Lipinski definition) is 0. The molecule has 0 fully saturated rings. The van der Waals surface area contributed by atoms with E-state index in [1.165, 1.54) is 0 Å². The van der Waals surface area contributed by atoms with Crippen LogP contribution >= 0.6 is 140 Å². The molecule has 0 aliphatic heterocycles. The highest BCUT2D eigenvalue weighted by molar-refractivity contribution is 6.61. The fraction of sp³-hybridized carbons (Fsp3) is 0. The maximum absolute atomic E-state index is 6.32. The van der Waals surface area contributed by atoms with Crippen molar-refractivity contribution in [1.29, 1.82) is 0 Å². The molecule has 2 rings (SSSR count). The SMILES string of the molecule is Clc1c(Cl)c(N(Cl)Cl)c(Cl)c(Cl)c1-c1c(Cl)c(Cl)c(N(Cl)Cl)c(Cl)c1Cl. The highest BCUT2D eigenvalue weighted by atomic mass is 35.6. The van der Waals surface area contributed by atoms with Crippen molar-refractivity contribution in [3.05, 3.63) is 40.2 Å². The normalized spacial score (nSPS) is 11.1. The molecule has 0 amide bonds. The maximum Gasteiger partial charge on any atom is 0.111 e. The molecule has 0 N–H and O–H groups in total. The quantitative estimate of drug-likeness (QED) is 0.257. The monoisotopic (exact) mass is 592 g/mol. The zero-order valence-corrected chi connectivity index (χ0v) is 20.5. The zero-order chi connectivity index (χ0) is 20.1. The average Bonchev–Trinajstić information content (AvgIpc) is 2.54. The molecule has 26 heavy (non-hydrogen) atoms. The minimum absolute atomic E-state index is 0.0378. The molecular weight excluding hydrogens is 598 g/mol. The summed E-state index contributed by atoms with van der Waals surface area (Å²) >= 11 is 72.9. The van der Waals surface area contributed by atoms with E-state index >= 15 is 0 Å². The van der Waals surface area contributed by atoms with Crippen LogP contribution in [0.3, 0.4) is 0 Å². The van der Waals surface area contributed by atoms with Crippen LogP contribution in [0.4, 0.5) is 11.4 Å². The molecule has 0 bridgehead atoms. The molecule has 0 heterocycles. The molecule has 0 aromatic heterocycles. The zero-order valence-electron chi connectivity index (χ0n) is 11.4. The van der Waals surface area contributed by atoms with Gasteiger partial charge >= 0.3 is 0 Å². The first-order valence-electron chi connectivity index (χ1n) is 5.89. The smallest absolute Gasteiger partial charge is 0.111 e. The molecule has 0 saturated heterocycles. The molecule has 14 heteroatoms. The molecule has 142 valence electrons. The van der Waals surface area contributed by atoms with Crippen molar-refractivity contribution in [2.45, 2.75) is 0 Å². The second kappa shape index (κ2) is 9.12. The predicted molar refractivity (Wildman–Crippen MR) is 120 cm³/mol. The molecular formula is C12Cl12N2. The summed E-state index contributed by atoms with van der Waals surface area (Å²) in [5, 5.41) is -0.832. The Labute approximate surface area is 208 Å². The highest BCUT2D eigenvalue weighted by Crippen LogP contribution is 2.57. The van der Waals surface area contributed by atoms with Gasteiger partial charge in [0.25, 0.3) is 0 Å². The van der Waals surface area contributed by atoms with Crippen molar-refractivity contribution >= 4 is 151 Å². The van der Waals surface area contributed by atoms with Gasteiger partial charge < -0.3 is 0 Å². The van der Waals surface area contributed by atoms with Gasteiger partial charge in [0.1, 0.15) is 11.4 Å². The van der Waals surface area contributed by atoms with Gasteiger partial charge in [-0.15, -0.1) is 0 Å². The van der Waals surface area contributed by atoms with E-state index in [1.807, 2.05) is 0 Å². The van der Waals surface area contributed by atoms with Gasteiger partial charge in [0.2, 0.25) is 0 Å². The van der Waals surface area contributed by atoms with E-state index in [2.05, 4.69) is 0 Å². The van der Waals surface area contributed by atoms with E-state index in [0.717, 1.165) is 0 Å². The predicted octanol–water partition coefficient (Wildman–Crippen LogP) is 10.8. The fourth-order valence-corrected chi connectivity index (χ4v) is 5.40. The van der Waals surface area contributed by atoms with Crippen LogP contribution < -0.4 is 7.88 Å². The van der Waals surface area contributed by atoms with Gasteiger partial charge in [-0.05, 0) is 0 Å². The van der Waals surface area contributed by atoms with Crippen LogP contribution in [-0.4, -0.2) is 0 Å². The Balaban J connectivity index is 3.00. The van der Waals surface area contributed by atoms with Crippen LogP contribution in [0.5, 0.6) is 0 Å². The van der Waals surface area contributed by atoms with E-state index in [1.54, 1.807) is 0 Å². The van der Waals surface area contributed by atoms with Gasteiger partial charge in [0.05, 0.1) is 40.2 Å². The molecule has 0 atom stereocenters. The van der Waals surface area contributed by atoms with Crippen molar-refractivity contribution in [2.24, 2.45) is 0 Å². The van der Waals surface area contributed by atoms with E-state index in [-0.39, 0.29) is 62.7 Å². The van der Waals surface area contributed by atoms with Gasteiger partial charge in [0, 0.05) is 58.2 Å². The van der Waals surface area contributed by atoms with E-state index in [9.17, 15) is 0 Å². The summed E-state index contributed by atoms with van der Waals surface area (Å²) in [4.78, 5) is 0. The van der Waals surface area contributed by atoms with Crippen molar-refractivity contribution in [3.8, 4) is 11.1 Å². The van der Waals surface area contributed by atoms with Crippen molar-refractivity contribution in [3.63, 3.8) is 0 Å². The number of halogens is 12. The Morgan fingerprint density at radius 1 is 0.346 bits per heavy atom. The molecule has 2 nitrogen and oxygen atoms in total. The topological polar surface area (TPSA) is 6.48 Å². The van der Waals surface area contributed by atoms with Crippen molar-refractivity contribution in [1.82, 2.24) is 0 Å². The van der Waals surface area contributed by atoms with Gasteiger partial charge in [-0.1, -0.05) is 92.8 Å². The molecule has 0 aliphatic rings. The molecule has 0 aliphatic carbocycles. The number of rotatable bonds is 3. The van der Waals surface area contributed by atoms with Gasteiger partial charge in [-0.2, -0.15) is 7.88 Å². The van der Waals surface area contributed by atoms with Crippen LogP contribution in [0, 0.1) is 0 Å². The van der Waals surface area contributed by atoms with Crippen LogP contribution in [0.1, 0.15) is 0 Å². The van der Waals surface area contributed by atoms with Crippen LogP contribution in [0.2, 0.25) is 40.2 Å². The minimum Gasteiger partial charge on any atom is -0.191 e. The van der Waals surface area contributed by atoms with Gasteiger partial charge in [-0.25, -0.2) is 0 Å². The first-order valence-corrected chi connectivity index (χ1v) is 10.3. The van der Waals surface area contributed by atoms with Crippen molar-refractivity contribution in [2.75, 3.05) is 7.88 Å². The van der Waals surface area contributed by atoms with Crippen LogP contribution in [0.15, 0.2) is 0 Å². The Morgan fingerprint density at radius 2 is 0.538 bits per heavy atom. The lowest BCUT2D eigenvalue weighted by Crippen LogP contribution is -2.00. The summed E-state index contributed by atoms with van der Waals surface area (Å²) in [6.07, 6.45) is 0. The fourth-order valence-electron chi connectivity index (χ4n) is 1.98. The first-order chi connectivity index (χ1) is 11.9. The first kappa shape index (κ1) is 23.8. The summed E-state index contributed by atoms with van der Waals surface area (Å²) in [6.45, 7) is 0. The lowest BCUT2D eigenvalue weighted by Gasteiger charge is -2.21. The van der Waals surface area contributed by atoms with Gasteiger partial charge in [0.15, 0.2) is 0 Å². The third-order valence-electron chi connectivity index (χ3n) is 3.07. The minimum atomic E-state index is -0.110. The molecule has 0 unspecified atom stereocenters. The largest absolute Gasteiger partial charge is 0.191 e. The van der Waals surface area contributed by atoms with E-state index in [4.69, 9.17) is 140 Å². The molecule has 2 aromatic carbocycles. The summed E-state index contributed by atoms with van der Waals surface area (Å²) in [6, 6.07) is 0. The summed E-state index contributed by atoms with van der Waals surface area (Å²) < 4.78 is 1.22. The lowest BCUT2D eigenvalue weighted by atomic mass is 10.0. The van der Waals surface area contributed by atoms with Crippen LogP contribution in [-0.2, 0) is 0 Å². The summed E-state index contributed by atoms with van der Waals surface area (Å²) in [5.74, 6) is 0. The maximum atomic E-state index is 6.32. The third-order valence-corrected chi connectivity index (χ3v) is 7.12. The Hall–Kier alpha value is 1.52. The lowest BCUT2D eigenvalue weighted by molar-refractivity contribution is 1.53. The number of nitrogens with zero attached hydrogens (tertiary/aromatic N) is 2. The molecule has 2 aromatic rings. The van der Waals surface area contributed by atoms with Crippen LogP contribution in [0.25, 0.3) is 11.1 Å². The highest BCUT2D eigenvalue weighted by Gasteiger charge is 2.30. The van der Waals surface area contributed by atoms with E-state index < -0.39 is 0 Å². The Bertz CT molecular complexity index is 763. The summed E-state index contributed by atoms with van der Waals surface area (Å²) in [5.41, 5.74) is 0.0416. The summed E-state index contributed by atoms with van der Waals surface area (Å²) in [7, 11) is 0. The standard InChI is InChI=1S/C12Cl12N2/c13-3-1(4(14)8(18)11(7(3)17)25(21)22)2-5(15)9(19)12(26(23)24)10(20)6(2)16. The molecule has 0 spiro atoms. The molecule has 0 radical (unpaired) electrons. The number of hydrogen-bond acceptors (Lipinski definition) is 2. The third kappa shape index (κ3) is 4.05. The average molecular weight is 598 g/mol. The second-order valence-corrected chi connectivity index (χ2v) is 9.15. The Kier molecular flexibility index (Phi) is 8.35. The Morgan fingerprint density at radius 3 is 0.692 bits per heavy atom. The second-order valence-electron chi connectivity index (χ2n) is 4.42. The molecule has 0 saturated carbocycles.